The smallest absolute Gasteiger partial charge is 0.444 e. The molecule has 158 valence electrons. The van der Waals surface area contributed by atoms with E-state index in [9.17, 15) is 18.0 Å². The van der Waals surface area contributed by atoms with Gasteiger partial charge in [0, 0.05) is 24.8 Å². The number of ether oxygens (including phenoxy) is 1. The van der Waals surface area contributed by atoms with Crippen molar-refractivity contribution >= 4 is 6.09 Å². The van der Waals surface area contributed by atoms with Gasteiger partial charge in [0.2, 0.25) is 5.82 Å². The maximum Gasteiger partial charge on any atom is 0.449 e. The first-order chi connectivity index (χ1) is 13.4. The minimum atomic E-state index is -4.60. The second-order valence-corrected chi connectivity index (χ2v) is 8.37. The van der Waals surface area contributed by atoms with Crippen molar-refractivity contribution in [2.75, 3.05) is 6.54 Å². The molecule has 0 bridgehead atoms. The monoisotopic (exact) mass is 410 g/mol. The summed E-state index contributed by atoms with van der Waals surface area (Å²) >= 11 is 0. The van der Waals surface area contributed by atoms with Gasteiger partial charge in [-0.1, -0.05) is 13.8 Å². The lowest BCUT2D eigenvalue weighted by molar-refractivity contribution is -0.147. The fourth-order valence-corrected chi connectivity index (χ4v) is 3.36. The SMILES string of the molecule is CC(C)c1ncccc1-c1nc(C(F)(F)F)n2c1CN(C(=O)OC(C)(C)C)CC2. The summed E-state index contributed by atoms with van der Waals surface area (Å²) in [7, 11) is 0. The van der Waals surface area contributed by atoms with Gasteiger partial charge < -0.3 is 14.2 Å². The molecule has 3 heterocycles. The Hall–Kier alpha value is -2.58. The number of imidazole rings is 1. The maximum atomic E-state index is 13.6. The van der Waals surface area contributed by atoms with Crippen molar-refractivity contribution in [3.63, 3.8) is 0 Å². The lowest BCUT2D eigenvalue weighted by Crippen LogP contribution is -2.42. The van der Waals surface area contributed by atoms with E-state index in [-0.39, 0.29) is 31.2 Å². The summed E-state index contributed by atoms with van der Waals surface area (Å²) in [6, 6.07) is 3.40. The number of hydrogen-bond acceptors (Lipinski definition) is 4. The van der Waals surface area contributed by atoms with Gasteiger partial charge in [-0.05, 0) is 38.8 Å². The van der Waals surface area contributed by atoms with Crippen molar-refractivity contribution in [1.29, 1.82) is 0 Å². The van der Waals surface area contributed by atoms with Crippen LogP contribution in [0.2, 0.25) is 0 Å². The van der Waals surface area contributed by atoms with Crippen LogP contribution in [0.4, 0.5) is 18.0 Å². The van der Waals surface area contributed by atoms with Gasteiger partial charge in [0.05, 0.1) is 23.6 Å². The quantitative estimate of drug-likeness (QED) is 0.711. The van der Waals surface area contributed by atoms with Crippen molar-refractivity contribution in [2.24, 2.45) is 0 Å². The van der Waals surface area contributed by atoms with E-state index in [0.29, 0.717) is 17.0 Å². The number of carbonyl (C=O) groups excluding carboxylic acids is 1. The van der Waals surface area contributed by atoms with E-state index < -0.39 is 23.7 Å². The predicted molar refractivity (Wildman–Crippen MR) is 101 cm³/mol. The van der Waals surface area contributed by atoms with E-state index >= 15 is 0 Å². The minimum absolute atomic E-state index is 0.00318. The summed E-state index contributed by atoms with van der Waals surface area (Å²) in [6.45, 7) is 9.18. The molecule has 6 nitrogen and oxygen atoms in total. The highest BCUT2D eigenvalue weighted by Gasteiger charge is 2.41. The Labute approximate surface area is 167 Å². The third kappa shape index (κ3) is 4.38. The topological polar surface area (TPSA) is 60.2 Å². The molecule has 1 aliphatic heterocycles. The first-order valence-electron chi connectivity index (χ1n) is 9.48. The molecule has 0 fully saturated rings. The van der Waals surface area contributed by atoms with E-state index in [1.54, 1.807) is 39.1 Å². The van der Waals surface area contributed by atoms with Crippen LogP contribution in [0.3, 0.4) is 0 Å². The third-order valence-electron chi connectivity index (χ3n) is 4.55. The van der Waals surface area contributed by atoms with Gasteiger partial charge in [0.25, 0.3) is 0 Å². The standard InChI is InChI=1S/C20H25F3N4O2/c1-12(2)15-13(7-6-8-24-15)16-14-11-26(18(28)29-19(3,4)5)9-10-27(14)17(25-16)20(21,22)23/h6-8,12H,9-11H2,1-5H3. The highest BCUT2D eigenvalue weighted by Crippen LogP contribution is 2.37. The van der Waals surface area contributed by atoms with Crippen LogP contribution < -0.4 is 0 Å². The Kier molecular flexibility index (Phi) is 5.36. The van der Waals surface area contributed by atoms with Crippen LogP contribution in [0, 0.1) is 0 Å². The zero-order valence-electron chi connectivity index (χ0n) is 17.2. The van der Waals surface area contributed by atoms with E-state index in [4.69, 9.17) is 4.74 Å². The van der Waals surface area contributed by atoms with Crippen LogP contribution in [0.15, 0.2) is 18.3 Å². The molecule has 2 aromatic rings. The zero-order valence-corrected chi connectivity index (χ0v) is 17.2. The van der Waals surface area contributed by atoms with E-state index in [2.05, 4.69) is 9.97 Å². The van der Waals surface area contributed by atoms with Crippen molar-refractivity contribution in [1.82, 2.24) is 19.4 Å². The Balaban J connectivity index is 2.09. The average molecular weight is 410 g/mol. The third-order valence-corrected chi connectivity index (χ3v) is 4.55. The van der Waals surface area contributed by atoms with Crippen LogP contribution >= 0.6 is 0 Å². The molecule has 2 aromatic heterocycles. The van der Waals surface area contributed by atoms with Crippen molar-refractivity contribution < 1.29 is 22.7 Å². The normalized spacial score (nSPS) is 14.9. The molecule has 0 radical (unpaired) electrons. The molecule has 0 saturated heterocycles. The van der Waals surface area contributed by atoms with Gasteiger partial charge in [-0.2, -0.15) is 13.2 Å². The molecule has 9 heteroatoms. The highest BCUT2D eigenvalue weighted by atomic mass is 19.4. The number of rotatable bonds is 2. The number of pyridine rings is 1. The molecule has 0 spiro atoms. The van der Waals surface area contributed by atoms with Crippen LogP contribution in [-0.2, 0) is 24.0 Å². The molecule has 29 heavy (non-hydrogen) atoms. The largest absolute Gasteiger partial charge is 0.449 e. The predicted octanol–water partition coefficient (Wildman–Crippen LogP) is 4.84. The zero-order chi connectivity index (χ0) is 21.6. The van der Waals surface area contributed by atoms with Crippen LogP contribution in [0.1, 0.15) is 57.7 Å². The summed E-state index contributed by atoms with van der Waals surface area (Å²) < 4.78 is 47.5. The summed E-state index contributed by atoms with van der Waals surface area (Å²) in [5, 5.41) is 0. The van der Waals surface area contributed by atoms with Gasteiger partial charge in [0.1, 0.15) is 5.60 Å². The molecular weight excluding hydrogens is 385 g/mol. The second-order valence-electron chi connectivity index (χ2n) is 8.37. The lowest BCUT2D eigenvalue weighted by Gasteiger charge is -2.31. The van der Waals surface area contributed by atoms with Crippen molar-refractivity contribution in [3.05, 3.63) is 35.5 Å². The lowest BCUT2D eigenvalue weighted by atomic mass is 10.00. The van der Waals surface area contributed by atoms with Gasteiger partial charge in [0.15, 0.2) is 0 Å². The Morgan fingerprint density at radius 2 is 1.90 bits per heavy atom. The molecule has 0 N–H and O–H groups in total. The summed E-state index contributed by atoms with van der Waals surface area (Å²) in [6.07, 6.45) is -3.54. The van der Waals surface area contributed by atoms with Gasteiger partial charge >= 0.3 is 12.3 Å². The van der Waals surface area contributed by atoms with Crippen molar-refractivity contribution in [3.8, 4) is 11.3 Å². The van der Waals surface area contributed by atoms with E-state index in [0.717, 1.165) is 4.57 Å². The molecule has 0 atom stereocenters. The van der Waals surface area contributed by atoms with E-state index in [1.807, 2.05) is 13.8 Å². The molecule has 3 rings (SSSR count). The first kappa shape index (κ1) is 21.1. The van der Waals surface area contributed by atoms with Crippen LogP contribution in [0.25, 0.3) is 11.3 Å². The number of halogens is 3. The Morgan fingerprint density at radius 3 is 2.48 bits per heavy atom. The number of hydrogen-bond donors (Lipinski definition) is 0. The second kappa shape index (κ2) is 7.35. The minimum Gasteiger partial charge on any atom is -0.444 e. The van der Waals surface area contributed by atoms with Crippen LogP contribution in [0.5, 0.6) is 0 Å². The van der Waals surface area contributed by atoms with Gasteiger partial charge in [-0.15, -0.1) is 0 Å². The molecule has 0 aliphatic carbocycles. The highest BCUT2D eigenvalue weighted by molar-refractivity contribution is 5.70. The first-order valence-corrected chi connectivity index (χ1v) is 9.48. The number of fused-ring (bicyclic) bond motifs is 1. The Bertz CT molecular complexity index is 913. The number of amides is 1. The number of alkyl halides is 3. The number of carbonyl (C=O) groups is 1. The molecule has 0 unspecified atom stereocenters. The fraction of sp³-hybridized carbons (Fsp3) is 0.550. The number of aromatic nitrogens is 3. The van der Waals surface area contributed by atoms with Crippen molar-refractivity contribution in [2.45, 2.75) is 65.4 Å². The molecule has 0 saturated carbocycles. The Morgan fingerprint density at radius 1 is 1.21 bits per heavy atom. The molecule has 1 amide bonds. The van der Waals surface area contributed by atoms with Gasteiger partial charge in [-0.3, -0.25) is 4.98 Å². The van der Waals surface area contributed by atoms with E-state index in [1.165, 1.54) is 4.90 Å². The fourth-order valence-electron chi connectivity index (χ4n) is 3.36. The average Bonchev–Trinajstić information content (AvgIpc) is 2.99. The molecular formula is C20H25F3N4O2. The summed E-state index contributed by atoms with van der Waals surface area (Å²) in [5.41, 5.74) is 1.07. The summed E-state index contributed by atoms with van der Waals surface area (Å²) in [5.74, 6) is -0.951. The van der Waals surface area contributed by atoms with Gasteiger partial charge in [-0.25, -0.2) is 9.78 Å². The summed E-state index contributed by atoms with van der Waals surface area (Å²) in [4.78, 5) is 22.2. The number of nitrogens with zero attached hydrogens (tertiary/aromatic N) is 4. The molecule has 0 aromatic carbocycles. The molecule has 1 aliphatic rings. The van der Waals surface area contributed by atoms with Crippen LogP contribution in [-0.4, -0.2) is 37.7 Å². The maximum absolute atomic E-state index is 13.6.